The lowest BCUT2D eigenvalue weighted by atomic mass is 10.1. The molecule has 1 heterocycles. The number of benzene rings is 3. The number of aromatic nitrogens is 2. The number of carbonyl (C=O) groups is 1. The van der Waals surface area contributed by atoms with Crippen LogP contribution in [-0.2, 0) is 23.0 Å². The minimum atomic E-state index is -4.08. The van der Waals surface area contributed by atoms with Crippen molar-refractivity contribution in [1.29, 1.82) is 0 Å². The summed E-state index contributed by atoms with van der Waals surface area (Å²) in [7, 11) is -4.08. The van der Waals surface area contributed by atoms with Crippen molar-refractivity contribution in [2.75, 3.05) is 5.75 Å². The second kappa shape index (κ2) is 9.46. The Morgan fingerprint density at radius 1 is 1.06 bits per heavy atom. The second-order valence-electron chi connectivity index (χ2n) is 7.19. The zero-order chi connectivity index (χ0) is 22.7. The van der Waals surface area contributed by atoms with Gasteiger partial charge in [-0.3, -0.25) is 4.79 Å². The maximum atomic E-state index is 13.3. The van der Waals surface area contributed by atoms with Gasteiger partial charge in [-0.25, -0.2) is 18.5 Å². The number of sulfonamides is 1. The van der Waals surface area contributed by atoms with E-state index in [-0.39, 0.29) is 27.8 Å². The third kappa shape index (κ3) is 5.05. The quantitative estimate of drug-likeness (QED) is 0.291. The van der Waals surface area contributed by atoms with Gasteiger partial charge in [0.25, 0.3) is 0 Å². The summed E-state index contributed by atoms with van der Waals surface area (Å²) in [5.41, 5.74) is 3.04. The van der Waals surface area contributed by atoms with Crippen molar-refractivity contribution in [3.8, 4) is 0 Å². The number of thioether (sulfide) groups is 1. The monoisotopic (exact) mass is 485 g/mol. The molecule has 9 heteroatoms. The number of primary sulfonamides is 1. The minimum absolute atomic E-state index is 0.000609. The molecular formula is C23H20ClN3O3S2. The Balaban J connectivity index is 1.65. The first kappa shape index (κ1) is 22.5. The fraction of sp³-hybridized carbons (Fsp3) is 0.130. The van der Waals surface area contributed by atoms with Crippen LogP contribution in [0.3, 0.4) is 0 Å². The average Bonchev–Trinajstić information content (AvgIpc) is 3.16. The number of Topliss-reactive ketones (excluding diaryl/α,β-unsaturated/α-hetero) is 1. The van der Waals surface area contributed by atoms with E-state index in [9.17, 15) is 13.2 Å². The Hall–Kier alpha value is -2.65. The summed E-state index contributed by atoms with van der Waals surface area (Å²) in [4.78, 5) is 17.9. The zero-order valence-corrected chi connectivity index (χ0v) is 19.3. The molecule has 164 valence electrons. The van der Waals surface area contributed by atoms with Crippen LogP contribution in [0.15, 0.2) is 82.8 Å². The maximum absolute atomic E-state index is 13.3. The number of nitrogens with two attached hydrogens (primary N) is 1. The van der Waals surface area contributed by atoms with E-state index in [1.54, 1.807) is 10.9 Å². The molecular weight excluding hydrogens is 466 g/mol. The highest BCUT2D eigenvalue weighted by Gasteiger charge is 2.21. The molecule has 0 fully saturated rings. The summed E-state index contributed by atoms with van der Waals surface area (Å²) >= 11 is 7.66. The van der Waals surface area contributed by atoms with Gasteiger partial charge in [-0.15, -0.1) is 11.8 Å². The summed E-state index contributed by atoms with van der Waals surface area (Å²) in [6.07, 6.45) is 2.39. The number of nitrogens with zero attached hydrogens (tertiary/aromatic N) is 2. The lowest BCUT2D eigenvalue weighted by molar-refractivity contribution is 0.0970. The van der Waals surface area contributed by atoms with Crippen molar-refractivity contribution in [2.24, 2.45) is 5.14 Å². The minimum Gasteiger partial charge on any atom is -0.323 e. The van der Waals surface area contributed by atoms with Crippen molar-refractivity contribution < 1.29 is 13.2 Å². The maximum Gasteiger partial charge on any atom is 0.239 e. The molecule has 32 heavy (non-hydrogen) atoms. The molecule has 0 bridgehead atoms. The number of fused-ring (bicyclic) bond motifs is 1. The van der Waals surface area contributed by atoms with Crippen LogP contribution < -0.4 is 5.14 Å². The van der Waals surface area contributed by atoms with Crippen LogP contribution in [-0.4, -0.2) is 29.5 Å². The van der Waals surface area contributed by atoms with Gasteiger partial charge in [-0.1, -0.05) is 54.1 Å². The van der Waals surface area contributed by atoms with Crippen molar-refractivity contribution in [3.05, 3.63) is 89.2 Å². The Bertz CT molecular complexity index is 1390. The van der Waals surface area contributed by atoms with Crippen LogP contribution in [0.25, 0.3) is 11.0 Å². The number of rotatable bonds is 8. The molecule has 0 saturated carbocycles. The number of ketones is 1. The smallest absolute Gasteiger partial charge is 0.239 e. The fourth-order valence-electron chi connectivity index (χ4n) is 3.39. The SMILES string of the molecule is NS(=O)(=O)c1cc(C(=O)Cn2cnc3ccccc32)c(SCCc2ccccc2)cc1Cl. The van der Waals surface area contributed by atoms with Gasteiger partial charge in [0.1, 0.15) is 4.90 Å². The number of aryl methyl sites for hydroxylation is 1. The van der Waals surface area contributed by atoms with E-state index in [2.05, 4.69) is 4.98 Å². The third-order valence-electron chi connectivity index (χ3n) is 4.97. The van der Waals surface area contributed by atoms with Gasteiger partial charge in [0.2, 0.25) is 10.0 Å². The van der Waals surface area contributed by atoms with Gasteiger partial charge in [-0.2, -0.15) is 0 Å². The number of halogens is 1. The molecule has 0 aliphatic carbocycles. The number of carbonyl (C=O) groups excluding carboxylic acids is 1. The predicted octanol–water partition coefficient (Wildman–Crippen LogP) is 4.55. The molecule has 0 aliphatic heterocycles. The van der Waals surface area contributed by atoms with Crippen LogP contribution in [0.5, 0.6) is 0 Å². The van der Waals surface area contributed by atoms with Gasteiger partial charge in [0, 0.05) is 16.2 Å². The summed E-state index contributed by atoms with van der Waals surface area (Å²) in [6, 6.07) is 20.3. The highest BCUT2D eigenvalue weighted by molar-refractivity contribution is 7.99. The summed E-state index contributed by atoms with van der Waals surface area (Å²) in [5, 5.41) is 5.32. The van der Waals surface area contributed by atoms with Crippen LogP contribution in [0.4, 0.5) is 0 Å². The molecule has 0 saturated heterocycles. The van der Waals surface area contributed by atoms with E-state index < -0.39 is 10.0 Å². The largest absolute Gasteiger partial charge is 0.323 e. The molecule has 2 N–H and O–H groups in total. The van der Waals surface area contributed by atoms with E-state index in [4.69, 9.17) is 16.7 Å². The summed E-state index contributed by atoms with van der Waals surface area (Å²) < 4.78 is 25.7. The van der Waals surface area contributed by atoms with Crippen molar-refractivity contribution in [1.82, 2.24) is 9.55 Å². The van der Waals surface area contributed by atoms with E-state index in [1.807, 2.05) is 54.6 Å². The molecule has 6 nitrogen and oxygen atoms in total. The third-order valence-corrected chi connectivity index (χ3v) is 7.41. The van der Waals surface area contributed by atoms with Gasteiger partial charge < -0.3 is 4.57 Å². The topological polar surface area (TPSA) is 95.0 Å². The summed E-state index contributed by atoms with van der Waals surface area (Å²) in [6.45, 7) is 0.0124. The highest BCUT2D eigenvalue weighted by Crippen LogP contribution is 2.32. The van der Waals surface area contributed by atoms with Gasteiger partial charge in [0.05, 0.1) is 28.9 Å². The Morgan fingerprint density at radius 2 is 1.78 bits per heavy atom. The van der Waals surface area contributed by atoms with E-state index in [0.717, 1.165) is 17.5 Å². The van der Waals surface area contributed by atoms with Crippen LogP contribution in [0.2, 0.25) is 5.02 Å². The first-order valence-electron chi connectivity index (χ1n) is 9.79. The van der Waals surface area contributed by atoms with Gasteiger partial charge >= 0.3 is 0 Å². The molecule has 4 aromatic rings. The van der Waals surface area contributed by atoms with Crippen LogP contribution in [0, 0.1) is 0 Å². The first-order valence-corrected chi connectivity index (χ1v) is 12.7. The van der Waals surface area contributed by atoms with Crippen molar-refractivity contribution in [3.63, 3.8) is 0 Å². The van der Waals surface area contributed by atoms with Crippen LogP contribution >= 0.6 is 23.4 Å². The lowest BCUT2D eigenvalue weighted by Gasteiger charge is -2.13. The molecule has 0 radical (unpaired) electrons. The van der Waals surface area contributed by atoms with Gasteiger partial charge in [0.15, 0.2) is 5.78 Å². The predicted molar refractivity (Wildman–Crippen MR) is 128 cm³/mol. The Morgan fingerprint density at radius 3 is 2.53 bits per heavy atom. The normalized spacial score (nSPS) is 11.7. The van der Waals surface area contributed by atoms with Crippen molar-refractivity contribution in [2.45, 2.75) is 22.8 Å². The lowest BCUT2D eigenvalue weighted by Crippen LogP contribution is -2.16. The summed E-state index contributed by atoms with van der Waals surface area (Å²) in [5.74, 6) is 0.445. The van der Waals surface area contributed by atoms with Gasteiger partial charge in [-0.05, 0) is 36.2 Å². The highest BCUT2D eigenvalue weighted by atomic mass is 35.5. The van der Waals surface area contributed by atoms with E-state index >= 15 is 0 Å². The zero-order valence-electron chi connectivity index (χ0n) is 16.9. The van der Waals surface area contributed by atoms with Crippen LogP contribution in [0.1, 0.15) is 15.9 Å². The molecule has 1 aromatic heterocycles. The molecule has 3 aromatic carbocycles. The Kier molecular flexibility index (Phi) is 6.66. The average molecular weight is 486 g/mol. The van der Waals surface area contributed by atoms with Crippen molar-refractivity contribution >= 4 is 50.2 Å². The molecule has 0 amide bonds. The molecule has 0 aliphatic rings. The standard InChI is InChI=1S/C23H20ClN3O3S2/c24-18-13-22(31-11-10-16-6-2-1-3-7-16)17(12-23(18)32(25,29)30)21(28)14-27-15-26-19-8-4-5-9-20(19)27/h1-9,12-13,15H,10-11,14H2,(H2,25,29,30). The molecule has 0 spiro atoms. The molecule has 4 rings (SSSR count). The number of imidazole rings is 1. The second-order valence-corrected chi connectivity index (χ2v) is 10.3. The van der Waals surface area contributed by atoms with E-state index in [0.29, 0.717) is 10.6 Å². The first-order chi connectivity index (χ1) is 15.3. The molecule has 0 atom stereocenters. The molecule has 0 unspecified atom stereocenters. The number of hydrogen-bond acceptors (Lipinski definition) is 5. The fourth-order valence-corrected chi connectivity index (χ4v) is 5.64. The van der Waals surface area contributed by atoms with E-state index in [1.165, 1.54) is 29.5 Å². The number of para-hydroxylation sites is 2. The number of hydrogen-bond donors (Lipinski definition) is 1. The Labute approximate surface area is 195 Å².